The average Bonchev–Trinajstić information content (AvgIpc) is 3.16. The van der Waals surface area contributed by atoms with Crippen LogP contribution in [0.15, 0.2) is 0 Å². The Morgan fingerprint density at radius 3 is 2.19 bits per heavy atom. The zero-order valence-corrected chi connectivity index (χ0v) is 27.7. The molecule has 250 valence electrons. The van der Waals surface area contributed by atoms with E-state index in [-0.39, 0.29) is 40.6 Å². The Bertz CT molecular complexity index is 947. The van der Waals surface area contributed by atoms with Crippen molar-refractivity contribution in [3.63, 3.8) is 0 Å². The van der Waals surface area contributed by atoms with Gasteiger partial charge in [-0.15, -0.1) is 0 Å². The van der Waals surface area contributed by atoms with Gasteiger partial charge >= 0.3 is 0 Å². The zero-order chi connectivity index (χ0) is 31.6. The lowest BCUT2D eigenvalue weighted by Crippen LogP contribution is -2.58. The summed E-state index contributed by atoms with van der Waals surface area (Å²) >= 11 is 0. The fourth-order valence-corrected chi connectivity index (χ4v) is 11.6. The summed E-state index contributed by atoms with van der Waals surface area (Å²) in [6.07, 6.45) is 0.364. The third kappa shape index (κ3) is 5.77. The molecule has 4 aliphatic carbocycles. The first kappa shape index (κ1) is 34.0. The molecule has 1 saturated heterocycles. The van der Waals surface area contributed by atoms with E-state index in [4.69, 9.17) is 9.47 Å². The fourth-order valence-electron chi connectivity index (χ4n) is 11.6. The van der Waals surface area contributed by atoms with Gasteiger partial charge in [0.2, 0.25) is 0 Å². The Hall–Kier alpha value is -0.320. The molecule has 0 bridgehead atoms. The second kappa shape index (κ2) is 12.7. The zero-order valence-electron chi connectivity index (χ0n) is 27.7. The van der Waals surface area contributed by atoms with Gasteiger partial charge in [-0.2, -0.15) is 0 Å². The number of ether oxygens (including phenoxy) is 2. The maximum atomic E-state index is 12.3. The van der Waals surface area contributed by atoms with Crippen LogP contribution in [0.1, 0.15) is 106 Å². The van der Waals surface area contributed by atoms with Gasteiger partial charge in [0.1, 0.15) is 18.3 Å². The van der Waals surface area contributed by atoms with E-state index in [1.807, 2.05) is 0 Å². The molecule has 1 aliphatic heterocycles. The Kier molecular flexibility index (Phi) is 10.1. The molecule has 4 saturated carbocycles. The third-order valence-electron chi connectivity index (χ3n) is 13.9. The van der Waals surface area contributed by atoms with E-state index in [9.17, 15) is 30.6 Å². The standard InChI is InChI=1S/C35H62O8/c1-8-22(17(2)3)25(37)15-18(4)26-32(43-33-31(41)30(40)28(38)19(5)42-33)29(39)27-23-10-9-20-16-21(36)11-13-34(20,6)24(23)12-14-35(26,27)7/h17-33,36-41H,8-16H2,1-7H3/t18-,19+,20+,21+,22+,23-,24+,25+,26+,27-,28+,29+,30-,31-,32-,33+,34+,35-/m1/s1. The van der Waals surface area contributed by atoms with Crippen LogP contribution in [0.4, 0.5) is 0 Å². The van der Waals surface area contributed by atoms with Crippen LogP contribution in [-0.2, 0) is 9.47 Å². The SMILES string of the molecule is CC[C@@H](C(C)C)[C@@H](O)C[C@@H](C)[C@H]1[C@@H](O[C@@H]2O[C@@H](C)[C@H](O)[C@@H](O)[C@H]2O)[C@@H](O)[C@H]2[C@@H]3CC[C@H]4C[C@@H](O)CC[C@]4(C)[C@H]3CC[C@]12C. The van der Waals surface area contributed by atoms with Gasteiger partial charge in [0.25, 0.3) is 0 Å². The Balaban J connectivity index is 1.47. The van der Waals surface area contributed by atoms with Crippen molar-refractivity contribution in [1.29, 1.82) is 0 Å². The van der Waals surface area contributed by atoms with Crippen LogP contribution in [-0.4, -0.2) is 85.8 Å². The molecule has 5 fully saturated rings. The van der Waals surface area contributed by atoms with Gasteiger partial charge < -0.3 is 40.1 Å². The molecule has 0 spiro atoms. The van der Waals surface area contributed by atoms with Crippen LogP contribution >= 0.6 is 0 Å². The monoisotopic (exact) mass is 610 g/mol. The minimum Gasteiger partial charge on any atom is -0.393 e. The molecule has 43 heavy (non-hydrogen) atoms. The van der Waals surface area contributed by atoms with Crippen molar-refractivity contribution in [3.05, 3.63) is 0 Å². The first-order chi connectivity index (χ1) is 20.1. The quantitative estimate of drug-likeness (QED) is 0.244. The highest BCUT2D eigenvalue weighted by Crippen LogP contribution is 2.69. The molecule has 1 heterocycles. The topological polar surface area (TPSA) is 140 Å². The van der Waals surface area contributed by atoms with Gasteiger partial charge in [-0.3, -0.25) is 0 Å². The Morgan fingerprint density at radius 1 is 0.860 bits per heavy atom. The van der Waals surface area contributed by atoms with Crippen molar-refractivity contribution in [1.82, 2.24) is 0 Å². The molecule has 0 aromatic rings. The first-order valence-electron chi connectivity index (χ1n) is 17.5. The van der Waals surface area contributed by atoms with E-state index in [1.165, 1.54) is 0 Å². The molecular formula is C35H62O8. The summed E-state index contributed by atoms with van der Waals surface area (Å²) in [5.74, 6) is 1.83. The van der Waals surface area contributed by atoms with E-state index in [0.29, 0.717) is 30.1 Å². The Morgan fingerprint density at radius 2 is 1.53 bits per heavy atom. The van der Waals surface area contributed by atoms with Gasteiger partial charge in [0.05, 0.1) is 30.5 Å². The lowest BCUT2D eigenvalue weighted by Gasteiger charge is -2.61. The maximum absolute atomic E-state index is 12.3. The summed E-state index contributed by atoms with van der Waals surface area (Å²) < 4.78 is 12.5. The van der Waals surface area contributed by atoms with Crippen molar-refractivity contribution < 1.29 is 40.1 Å². The van der Waals surface area contributed by atoms with E-state index in [1.54, 1.807) is 6.92 Å². The van der Waals surface area contributed by atoms with E-state index >= 15 is 0 Å². The summed E-state index contributed by atoms with van der Waals surface area (Å²) in [6.45, 7) is 15.1. The first-order valence-corrected chi connectivity index (χ1v) is 17.5. The highest BCUT2D eigenvalue weighted by molar-refractivity contribution is 5.15. The summed E-state index contributed by atoms with van der Waals surface area (Å²) in [7, 11) is 0. The van der Waals surface area contributed by atoms with Crippen molar-refractivity contribution in [2.45, 2.75) is 161 Å². The second-order valence-corrected chi connectivity index (χ2v) is 16.4. The van der Waals surface area contributed by atoms with Gasteiger partial charge in [-0.1, -0.05) is 48.0 Å². The molecule has 0 aromatic heterocycles. The van der Waals surface area contributed by atoms with Crippen LogP contribution in [0.25, 0.3) is 0 Å². The Labute approximate surface area is 259 Å². The molecule has 0 radical (unpaired) electrons. The minimum atomic E-state index is -1.43. The van der Waals surface area contributed by atoms with Crippen molar-refractivity contribution in [3.8, 4) is 0 Å². The van der Waals surface area contributed by atoms with Crippen LogP contribution in [0, 0.1) is 58.2 Å². The van der Waals surface area contributed by atoms with E-state index in [2.05, 4.69) is 41.5 Å². The maximum Gasteiger partial charge on any atom is 0.186 e. The summed E-state index contributed by atoms with van der Waals surface area (Å²) in [5, 5.41) is 66.0. The summed E-state index contributed by atoms with van der Waals surface area (Å²) in [4.78, 5) is 0. The van der Waals surface area contributed by atoms with Crippen molar-refractivity contribution in [2.75, 3.05) is 0 Å². The fraction of sp³-hybridized carbons (Fsp3) is 1.00. The molecule has 0 amide bonds. The normalized spacial score (nSPS) is 52.2. The van der Waals surface area contributed by atoms with Crippen LogP contribution in [0.3, 0.4) is 0 Å². The van der Waals surface area contributed by atoms with E-state index in [0.717, 1.165) is 51.4 Å². The van der Waals surface area contributed by atoms with Crippen molar-refractivity contribution in [2.24, 2.45) is 58.2 Å². The van der Waals surface area contributed by atoms with E-state index < -0.39 is 49.0 Å². The third-order valence-corrected chi connectivity index (χ3v) is 13.9. The molecule has 0 unspecified atom stereocenters. The number of aliphatic hydroxyl groups excluding tert-OH is 6. The molecule has 6 N–H and O–H groups in total. The molecular weight excluding hydrogens is 548 g/mol. The number of hydrogen-bond acceptors (Lipinski definition) is 8. The number of fused-ring (bicyclic) bond motifs is 5. The van der Waals surface area contributed by atoms with Gasteiger partial charge in [0, 0.05) is 0 Å². The van der Waals surface area contributed by atoms with Crippen LogP contribution in [0.2, 0.25) is 0 Å². The van der Waals surface area contributed by atoms with Crippen molar-refractivity contribution >= 4 is 0 Å². The molecule has 8 nitrogen and oxygen atoms in total. The summed E-state index contributed by atoms with van der Waals surface area (Å²) in [6, 6.07) is 0. The highest BCUT2D eigenvalue weighted by atomic mass is 16.7. The predicted molar refractivity (Wildman–Crippen MR) is 164 cm³/mol. The van der Waals surface area contributed by atoms with Gasteiger partial charge in [-0.25, -0.2) is 0 Å². The lowest BCUT2D eigenvalue weighted by molar-refractivity contribution is -0.314. The minimum absolute atomic E-state index is 0.00575. The van der Waals surface area contributed by atoms with Gasteiger partial charge in [-0.05, 0) is 116 Å². The molecule has 5 aliphatic rings. The average molecular weight is 611 g/mol. The largest absolute Gasteiger partial charge is 0.393 e. The van der Waals surface area contributed by atoms with Crippen LogP contribution < -0.4 is 0 Å². The molecule has 18 atom stereocenters. The number of hydrogen-bond donors (Lipinski definition) is 6. The summed E-state index contributed by atoms with van der Waals surface area (Å²) in [5.41, 5.74) is -0.0753. The molecule has 0 aromatic carbocycles. The predicted octanol–water partition coefficient (Wildman–Crippen LogP) is 3.87. The lowest BCUT2D eigenvalue weighted by atomic mass is 9.44. The highest BCUT2D eigenvalue weighted by Gasteiger charge is 2.67. The van der Waals surface area contributed by atoms with Gasteiger partial charge in [0.15, 0.2) is 6.29 Å². The molecule has 5 rings (SSSR count). The number of aliphatic hydroxyl groups is 6. The second-order valence-electron chi connectivity index (χ2n) is 16.4. The van der Waals surface area contributed by atoms with Crippen LogP contribution in [0.5, 0.6) is 0 Å². The number of rotatable bonds is 8. The molecule has 8 heteroatoms. The smallest absolute Gasteiger partial charge is 0.186 e.